The van der Waals surface area contributed by atoms with Crippen molar-refractivity contribution in [3.8, 4) is 11.5 Å². The van der Waals surface area contributed by atoms with E-state index in [1.54, 1.807) is 79.7 Å². The van der Waals surface area contributed by atoms with Crippen LogP contribution in [0.2, 0.25) is 0 Å². The Bertz CT molecular complexity index is 1990. The summed E-state index contributed by atoms with van der Waals surface area (Å²) in [7, 11) is -1.38. The van der Waals surface area contributed by atoms with Crippen LogP contribution in [0, 0.1) is 0 Å². The van der Waals surface area contributed by atoms with Gasteiger partial charge in [-0.15, -0.1) is 11.3 Å². The summed E-state index contributed by atoms with van der Waals surface area (Å²) >= 11 is 1.01. The van der Waals surface area contributed by atoms with Crippen molar-refractivity contribution in [2.24, 2.45) is 5.73 Å². The van der Waals surface area contributed by atoms with Gasteiger partial charge in [-0.1, -0.05) is 54.6 Å². The lowest BCUT2D eigenvalue weighted by molar-refractivity contribution is -0.136. The van der Waals surface area contributed by atoms with E-state index in [0.717, 1.165) is 15.9 Å². The fraction of sp³-hybridized carbons (Fsp3) is 0.161. The normalized spacial score (nSPS) is 15.4. The molecule has 0 aliphatic carbocycles. The Hall–Kier alpha value is -4.61. The second-order valence-electron chi connectivity index (χ2n) is 9.17. The van der Waals surface area contributed by atoms with Crippen LogP contribution in [0.5, 0.6) is 11.5 Å². The van der Waals surface area contributed by atoms with Gasteiger partial charge in [-0.05, 0) is 37.3 Å². The highest BCUT2D eigenvalue weighted by Gasteiger charge is 2.43. The Morgan fingerprint density at radius 2 is 1.57 bits per heavy atom. The molecule has 3 aromatic carbocycles. The van der Waals surface area contributed by atoms with E-state index in [0.29, 0.717) is 22.6 Å². The fourth-order valence-corrected chi connectivity index (χ4v) is 7.80. The Morgan fingerprint density at radius 1 is 0.952 bits per heavy atom. The van der Waals surface area contributed by atoms with E-state index in [1.165, 1.54) is 26.4 Å². The molecule has 0 unspecified atom stereocenters. The number of nitrogens with zero attached hydrogens (tertiary/aromatic N) is 1. The molecule has 9 nitrogen and oxygen atoms in total. The summed E-state index contributed by atoms with van der Waals surface area (Å²) in [5.41, 5.74) is 7.04. The number of hydrogen-bond donors (Lipinski definition) is 1. The first kappa shape index (κ1) is 28.9. The molecule has 0 bridgehead atoms. The Balaban J connectivity index is 1.96. The first-order chi connectivity index (χ1) is 20.2. The summed E-state index contributed by atoms with van der Waals surface area (Å²) in [5, 5.41) is 0. The second kappa shape index (κ2) is 11.7. The highest BCUT2D eigenvalue weighted by molar-refractivity contribution is 7.95. The van der Waals surface area contributed by atoms with Crippen molar-refractivity contribution in [3.63, 3.8) is 0 Å². The molecule has 4 aromatic rings. The van der Waals surface area contributed by atoms with Gasteiger partial charge in [-0.2, -0.15) is 0 Å². The zero-order chi connectivity index (χ0) is 30.0. The molecule has 1 atom stereocenters. The van der Waals surface area contributed by atoms with E-state index in [-0.39, 0.29) is 37.0 Å². The van der Waals surface area contributed by atoms with Crippen molar-refractivity contribution < 1.29 is 27.4 Å². The second-order valence-corrected chi connectivity index (χ2v) is 12.1. The molecule has 1 aliphatic rings. The maximum absolute atomic E-state index is 14.3. The van der Waals surface area contributed by atoms with Crippen molar-refractivity contribution in [1.82, 2.24) is 4.57 Å². The first-order valence-electron chi connectivity index (χ1n) is 13.0. The van der Waals surface area contributed by atoms with Crippen LogP contribution in [0.4, 0.5) is 0 Å². The molecule has 2 heterocycles. The van der Waals surface area contributed by atoms with Crippen molar-refractivity contribution in [1.29, 1.82) is 0 Å². The third kappa shape index (κ3) is 4.90. The highest BCUT2D eigenvalue weighted by Crippen LogP contribution is 2.45. The molecule has 216 valence electrons. The van der Waals surface area contributed by atoms with Crippen molar-refractivity contribution >= 4 is 44.6 Å². The fourth-order valence-electron chi connectivity index (χ4n) is 4.96. The molecule has 0 fully saturated rings. The molecule has 0 saturated heterocycles. The van der Waals surface area contributed by atoms with E-state index in [9.17, 15) is 18.0 Å². The zero-order valence-electron chi connectivity index (χ0n) is 23.1. The number of rotatable bonds is 8. The number of allylic oxidation sites excluding steroid dienone is 1. The molecule has 0 spiro atoms. The van der Waals surface area contributed by atoms with Crippen LogP contribution in [-0.4, -0.2) is 39.8 Å². The predicted octanol–water partition coefficient (Wildman–Crippen LogP) is 2.83. The van der Waals surface area contributed by atoms with Gasteiger partial charge in [0.15, 0.2) is 0 Å². The third-order valence-electron chi connectivity index (χ3n) is 6.81. The summed E-state index contributed by atoms with van der Waals surface area (Å²) in [6, 6.07) is 21.6. The van der Waals surface area contributed by atoms with E-state index in [1.807, 2.05) is 0 Å². The van der Waals surface area contributed by atoms with Crippen LogP contribution < -0.4 is 30.0 Å². The number of esters is 1. The smallest absolute Gasteiger partial charge is 0.338 e. The molecule has 0 saturated carbocycles. The molecule has 5 rings (SSSR count). The van der Waals surface area contributed by atoms with Crippen LogP contribution in [0.1, 0.15) is 24.0 Å². The molecular formula is C31H28N2O7S2. The number of thiazole rings is 1. The number of benzene rings is 3. The van der Waals surface area contributed by atoms with E-state index >= 15 is 0 Å². The Morgan fingerprint density at radius 3 is 2.24 bits per heavy atom. The van der Waals surface area contributed by atoms with Gasteiger partial charge in [0.1, 0.15) is 26.9 Å². The molecule has 2 N–H and O–H groups in total. The average Bonchev–Trinajstić information content (AvgIpc) is 3.33. The number of para-hydroxylation sites is 2. The number of aromatic nitrogens is 1. The molecular weight excluding hydrogens is 576 g/mol. The summed E-state index contributed by atoms with van der Waals surface area (Å²) < 4.78 is 46.6. The van der Waals surface area contributed by atoms with Gasteiger partial charge >= 0.3 is 5.97 Å². The lowest BCUT2D eigenvalue weighted by Crippen LogP contribution is -2.41. The minimum absolute atomic E-state index is 0.0246. The molecule has 0 amide bonds. The molecule has 42 heavy (non-hydrogen) atoms. The average molecular weight is 605 g/mol. The molecule has 11 heteroatoms. The van der Waals surface area contributed by atoms with Crippen LogP contribution in [0.25, 0.3) is 17.5 Å². The van der Waals surface area contributed by atoms with Crippen molar-refractivity contribution in [2.45, 2.75) is 17.7 Å². The minimum atomic E-state index is -4.35. The number of carbonyl (C=O) groups excluding carboxylic acids is 1. The SMILES string of the molecule is CCOC(=O)C1=c2s/c(=C/c3ccccc3OC)c(=O)n2C(N)=C(S(=O)(=O)c2ccccc2)[C@H]1c1ccccc1OC. The summed E-state index contributed by atoms with van der Waals surface area (Å²) in [5.74, 6) is -1.45. The molecule has 1 aliphatic heterocycles. The largest absolute Gasteiger partial charge is 0.496 e. The van der Waals surface area contributed by atoms with Crippen LogP contribution in [0.3, 0.4) is 0 Å². The maximum atomic E-state index is 14.3. The molecule has 0 radical (unpaired) electrons. The number of hydrogen-bond acceptors (Lipinski definition) is 9. The van der Waals surface area contributed by atoms with Gasteiger partial charge in [0.05, 0.1) is 41.7 Å². The van der Waals surface area contributed by atoms with E-state index in [2.05, 4.69) is 0 Å². The van der Waals surface area contributed by atoms with Gasteiger partial charge in [0.25, 0.3) is 5.56 Å². The van der Waals surface area contributed by atoms with Gasteiger partial charge in [0.2, 0.25) is 9.84 Å². The first-order valence-corrected chi connectivity index (χ1v) is 15.3. The zero-order valence-corrected chi connectivity index (χ0v) is 24.7. The van der Waals surface area contributed by atoms with Gasteiger partial charge in [0, 0.05) is 11.1 Å². The Kier molecular flexibility index (Phi) is 8.06. The van der Waals surface area contributed by atoms with Crippen LogP contribution >= 0.6 is 11.3 Å². The predicted molar refractivity (Wildman–Crippen MR) is 161 cm³/mol. The van der Waals surface area contributed by atoms with Gasteiger partial charge in [-0.3, -0.25) is 9.36 Å². The quantitative estimate of drug-likeness (QED) is 0.304. The van der Waals surface area contributed by atoms with Gasteiger partial charge < -0.3 is 19.9 Å². The highest BCUT2D eigenvalue weighted by atomic mass is 32.2. The van der Waals surface area contributed by atoms with E-state index < -0.39 is 27.3 Å². The number of carbonyl (C=O) groups is 1. The summed E-state index contributed by atoms with van der Waals surface area (Å²) in [6.07, 6.45) is 1.62. The molecule has 1 aromatic heterocycles. The summed E-state index contributed by atoms with van der Waals surface area (Å²) in [4.78, 5) is 27.3. The standard InChI is InChI=1S/C31H28N2O7S2/c1-4-40-31(35)26-25(21-15-9-11-17-23(21)39-3)27(42(36,37)20-13-6-5-7-14-20)28(32)33-29(34)24(41-30(26)33)18-19-12-8-10-16-22(19)38-2/h5-18,25H,4,32H2,1-3H3/b24-18+/t25-/m0/s1. The minimum Gasteiger partial charge on any atom is -0.496 e. The lowest BCUT2D eigenvalue weighted by atomic mass is 9.89. The number of nitrogens with two attached hydrogens (primary N) is 1. The van der Waals surface area contributed by atoms with Crippen molar-refractivity contribution in [2.75, 3.05) is 20.8 Å². The topological polar surface area (TPSA) is 127 Å². The van der Waals surface area contributed by atoms with Crippen LogP contribution in [-0.2, 0) is 19.4 Å². The number of sulfone groups is 1. The lowest BCUT2D eigenvalue weighted by Gasteiger charge is -2.28. The maximum Gasteiger partial charge on any atom is 0.338 e. The van der Waals surface area contributed by atoms with E-state index in [4.69, 9.17) is 19.9 Å². The van der Waals surface area contributed by atoms with Crippen molar-refractivity contribution in [3.05, 3.63) is 114 Å². The third-order valence-corrected chi connectivity index (χ3v) is 9.84. The number of fused-ring (bicyclic) bond motifs is 1. The summed E-state index contributed by atoms with van der Waals surface area (Å²) in [6.45, 7) is 1.67. The Labute approximate surface area is 246 Å². The monoisotopic (exact) mass is 604 g/mol. The van der Waals surface area contributed by atoms with Crippen LogP contribution in [0.15, 0.2) is 93.5 Å². The number of methoxy groups -OCH3 is 2. The number of ether oxygens (including phenoxy) is 3. The van der Waals surface area contributed by atoms with Gasteiger partial charge in [-0.25, -0.2) is 13.2 Å².